The topological polar surface area (TPSA) is 48.5 Å². The molecule has 0 atom stereocenters. The molecule has 5 nitrogen and oxygen atoms in total. The molecule has 0 saturated carbocycles. The smallest absolute Gasteiger partial charge is 0.234 e. The van der Waals surface area contributed by atoms with Crippen LogP contribution in [0.2, 0.25) is 0 Å². The molecule has 1 fully saturated rings. The molecule has 0 bridgehead atoms. The Morgan fingerprint density at radius 3 is 2.63 bits per heavy atom. The summed E-state index contributed by atoms with van der Waals surface area (Å²) in [6.45, 7) is 8.12. The van der Waals surface area contributed by atoms with E-state index < -0.39 is 0 Å². The Morgan fingerprint density at radius 2 is 2.05 bits per heavy atom. The average Bonchev–Trinajstić information content (AvgIpc) is 2.39. The molecule has 1 aromatic rings. The highest BCUT2D eigenvalue weighted by Crippen LogP contribution is 2.12. The van der Waals surface area contributed by atoms with Crippen LogP contribution in [0.15, 0.2) is 24.4 Å². The summed E-state index contributed by atoms with van der Waals surface area (Å²) >= 11 is 0. The number of piperazine rings is 1. The normalized spacial score (nSPS) is 16.7. The maximum absolute atomic E-state index is 11.7. The maximum Gasteiger partial charge on any atom is 0.234 e. The van der Waals surface area contributed by atoms with E-state index in [0.29, 0.717) is 6.54 Å². The lowest BCUT2D eigenvalue weighted by atomic mass is 10.3. The van der Waals surface area contributed by atoms with Gasteiger partial charge in [-0.1, -0.05) is 6.07 Å². The molecule has 2 rings (SSSR count). The number of rotatable bonds is 4. The van der Waals surface area contributed by atoms with Gasteiger partial charge in [-0.2, -0.15) is 0 Å². The minimum absolute atomic E-state index is 0.112. The molecule has 1 aliphatic heterocycles. The van der Waals surface area contributed by atoms with Crippen LogP contribution < -0.4 is 10.2 Å². The number of aromatic nitrogens is 1. The summed E-state index contributed by atoms with van der Waals surface area (Å²) in [7, 11) is 0. The van der Waals surface area contributed by atoms with Gasteiger partial charge >= 0.3 is 0 Å². The lowest BCUT2D eigenvalue weighted by Gasteiger charge is -2.35. The zero-order valence-corrected chi connectivity index (χ0v) is 11.7. The third-order valence-corrected chi connectivity index (χ3v) is 3.16. The van der Waals surface area contributed by atoms with E-state index in [1.165, 1.54) is 0 Å². The van der Waals surface area contributed by atoms with Crippen molar-refractivity contribution in [1.29, 1.82) is 0 Å². The fourth-order valence-corrected chi connectivity index (χ4v) is 2.25. The van der Waals surface area contributed by atoms with Gasteiger partial charge in [0.1, 0.15) is 5.82 Å². The third kappa shape index (κ3) is 4.21. The molecule has 1 aromatic heterocycles. The van der Waals surface area contributed by atoms with Crippen LogP contribution in [0.4, 0.5) is 5.82 Å². The Bertz CT molecular complexity index is 399. The van der Waals surface area contributed by atoms with Crippen LogP contribution in [-0.4, -0.2) is 54.6 Å². The molecule has 0 unspecified atom stereocenters. The van der Waals surface area contributed by atoms with E-state index in [1.54, 1.807) is 0 Å². The minimum atomic E-state index is 0.112. The number of carbonyl (C=O) groups excluding carboxylic acids is 1. The summed E-state index contributed by atoms with van der Waals surface area (Å²) in [4.78, 5) is 20.5. The van der Waals surface area contributed by atoms with E-state index >= 15 is 0 Å². The predicted octanol–water partition coefficient (Wildman–Crippen LogP) is 0.728. The molecule has 1 aliphatic rings. The van der Waals surface area contributed by atoms with Crippen molar-refractivity contribution < 1.29 is 4.79 Å². The maximum atomic E-state index is 11.7. The van der Waals surface area contributed by atoms with Gasteiger partial charge in [-0.15, -0.1) is 0 Å². The van der Waals surface area contributed by atoms with Gasteiger partial charge in [0.25, 0.3) is 0 Å². The Labute approximate surface area is 114 Å². The van der Waals surface area contributed by atoms with Crippen LogP contribution in [-0.2, 0) is 4.79 Å². The molecule has 0 aromatic carbocycles. The van der Waals surface area contributed by atoms with Crippen molar-refractivity contribution in [2.45, 2.75) is 19.9 Å². The van der Waals surface area contributed by atoms with E-state index in [-0.39, 0.29) is 11.9 Å². The third-order valence-electron chi connectivity index (χ3n) is 3.16. The van der Waals surface area contributed by atoms with E-state index in [4.69, 9.17) is 0 Å². The molecule has 104 valence electrons. The molecule has 1 amide bonds. The first kappa shape index (κ1) is 13.8. The number of nitrogens with one attached hydrogen (secondary N) is 1. The molecule has 1 saturated heterocycles. The Hall–Kier alpha value is -1.62. The molecule has 19 heavy (non-hydrogen) atoms. The predicted molar refractivity (Wildman–Crippen MR) is 76.2 cm³/mol. The summed E-state index contributed by atoms with van der Waals surface area (Å²) in [5.41, 5.74) is 0. The largest absolute Gasteiger partial charge is 0.354 e. The summed E-state index contributed by atoms with van der Waals surface area (Å²) < 4.78 is 0. The fourth-order valence-electron chi connectivity index (χ4n) is 2.25. The SMILES string of the molecule is CC(C)NC(=O)CN1CCN(c2ccccn2)CC1. The lowest BCUT2D eigenvalue weighted by Crippen LogP contribution is -2.50. The average molecular weight is 262 g/mol. The van der Waals surface area contributed by atoms with Crippen LogP contribution in [0.3, 0.4) is 0 Å². The van der Waals surface area contributed by atoms with Crippen molar-refractivity contribution in [3.63, 3.8) is 0 Å². The minimum Gasteiger partial charge on any atom is -0.354 e. The highest BCUT2D eigenvalue weighted by Gasteiger charge is 2.19. The molecular weight excluding hydrogens is 240 g/mol. The second-order valence-electron chi connectivity index (χ2n) is 5.17. The number of nitrogens with zero attached hydrogens (tertiary/aromatic N) is 3. The Balaban J connectivity index is 1.78. The second-order valence-corrected chi connectivity index (χ2v) is 5.17. The van der Waals surface area contributed by atoms with E-state index in [0.717, 1.165) is 32.0 Å². The van der Waals surface area contributed by atoms with E-state index in [2.05, 4.69) is 20.1 Å². The number of anilines is 1. The second kappa shape index (κ2) is 6.52. The van der Waals surface area contributed by atoms with Crippen LogP contribution in [0, 0.1) is 0 Å². The van der Waals surface area contributed by atoms with Crippen molar-refractivity contribution >= 4 is 11.7 Å². The van der Waals surface area contributed by atoms with Crippen LogP contribution in [0.5, 0.6) is 0 Å². The van der Waals surface area contributed by atoms with Gasteiger partial charge < -0.3 is 10.2 Å². The first-order valence-corrected chi connectivity index (χ1v) is 6.83. The van der Waals surface area contributed by atoms with Crippen LogP contribution in [0.1, 0.15) is 13.8 Å². The number of amides is 1. The van der Waals surface area contributed by atoms with E-state index in [9.17, 15) is 4.79 Å². The fraction of sp³-hybridized carbons (Fsp3) is 0.571. The first-order chi connectivity index (χ1) is 9.15. The van der Waals surface area contributed by atoms with Crippen molar-refractivity contribution in [1.82, 2.24) is 15.2 Å². The molecule has 1 N–H and O–H groups in total. The van der Waals surface area contributed by atoms with Crippen molar-refractivity contribution in [2.24, 2.45) is 0 Å². The van der Waals surface area contributed by atoms with Gasteiger partial charge in [0, 0.05) is 38.4 Å². The lowest BCUT2D eigenvalue weighted by molar-refractivity contribution is -0.122. The summed E-state index contributed by atoms with van der Waals surface area (Å²) in [5.74, 6) is 1.13. The number of hydrogen-bond acceptors (Lipinski definition) is 4. The zero-order valence-electron chi connectivity index (χ0n) is 11.7. The van der Waals surface area contributed by atoms with Crippen molar-refractivity contribution in [3.05, 3.63) is 24.4 Å². The first-order valence-electron chi connectivity index (χ1n) is 6.83. The number of hydrogen-bond donors (Lipinski definition) is 1. The molecule has 5 heteroatoms. The Morgan fingerprint density at radius 1 is 1.32 bits per heavy atom. The molecule has 0 spiro atoms. The number of carbonyl (C=O) groups is 1. The van der Waals surface area contributed by atoms with Crippen LogP contribution >= 0.6 is 0 Å². The molecule has 2 heterocycles. The van der Waals surface area contributed by atoms with Gasteiger partial charge in [0.15, 0.2) is 0 Å². The van der Waals surface area contributed by atoms with Gasteiger partial charge in [-0.05, 0) is 26.0 Å². The summed E-state index contributed by atoms with van der Waals surface area (Å²) in [6, 6.07) is 6.17. The quantitative estimate of drug-likeness (QED) is 0.869. The molecule has 0 aliphatic carbocycles. The van der Waals surface area contributed by atoms with E-state index in [1.807, 2.05) is 38.2 Å². The molecular formula is C14H22N4O. The number of pyridine rings is 1. The molecule has 0 radical (unpaired) electrons. The van der Waals surface area contributed by atoms with Gasteiger partial charge in [-0.3, -0.25) is 9.69 Å². The monoisotopic (exact) mass is 262 g/mol. The Kier molecular flexibility index (Phi) is 4.74. The zero-order chi connectivity index (χ0) is 13.7. The van der Waals surface area contributed by atoms with Crippen molar-refractivity contribution in [2.75, 3.05) is 37.6 Å². The highest BCUT2D eigenvalue weighted by molar-refractivity contribution is 5.78. The van der Waals surface area contributed by atoms with Crippen molar-refractivity contribution in [3.8, 4) is 0 Å². The van der Waals surface area contributed by atoms with Gasteiger partial charge in [-0.25, -0.2) is 4.98 Å². The summed E-state index contributed by atoms with van der Waals surface area (Å²) in [5, 5.41) is 2.93. The van der Waals surface area contributed by atoms with Gasteiger partial charge in [0.05, 0.1) is 6.54 Å². The highest BCUT2D eigenvalue weighted by atomic mass is 16.2. The van der Waals surface area contributed by atoms with Gasteiger partial charge in [0.2, 0.25) is 5.91 Å². The summed E-state index contributed by atoms with van der Waals surface area (Å²) in [6.07, 6.45) is 1.82. The standard InChI is InChI=1S/C14H22N4O/c1-12(2)16-14(19)11-17-7-9-18(10-8-17)13-5-3-4-6-15-13/h3-6,12H,7-11H2,1-2H3,(H,16,19). The van der Waals surface area contributed by atoms with Crippen LogP contribution in [0.25, 0.3) is 0 Å².